The Kier molecular flexibility index (Phi) is 2.60. The first-order chi connectivity index (χ1) is 6.90. The van der Waals surface area contributed by atoms with Gasteiger partial charge in [0.1, 0.15) is 0 Å². The smallest absolute Gasteiger partial charge is 0.0991 e. The predicted octanol–water partition coefficient (Wildman–Crippen LogP) is 1.59. The third-order valence-corrected chi connectivity index (χ3v) is 2.12. The minimum absolute atomic E-state index is 0.907. The molecule has 1 aromatic heterocycles. The van der Waals surface area contributed by atoms with Crippen LogP contribution in [-0.4, -0.2) is 16.6 Å². The van der Waals surface area contributed by atoms with Gasteiger partial charge >= 0.3 is 0 Å². The van der Waals surface area contributed by atoms with Crippen molar-refractivity contribution in [2.24, 2.45) is 0 Å². The van der Waals surface area contributed by atoms with Crippen LogP contribution in [0.2, 0.25) is 0 Å². The second kappa shape index (κ2) is 4.07. The largest absolute Gasteiger partial charge is 0.316 e. The van der Waals surface area contributed by atoms with Gasteiger partial charge in [0.25, 0.3) is 0 Å². The molecule has 1 N–H and O–H groups in total. The number of nitrogens with one attached hydrogen (secondary N) is 1. The van der Waals surface area contributed by atoms with Crippen molar-refractivity contribution in [2.75, 3.05) is 7.05 Å². The van der Waals surface area contributed by atoms with E-state index >= 15 is 0 Å². The number of aromatic nitrogens is 2. The third-order valence-electron chi connectivity index (χ3n) is 2.12. The van der Waals surface area contributed by atoms with E-state index in [2.05, 4.69) is 34.6 Å². The van der Waals surface area contributed by atoms with Crippen LogP contribution in [0.25, 0.3) is 5.69 Å². The molecule has 14 heavy (non-hydrogen) atoms. The molecule has 0 aliphatic heterocycles. The molecule has 2 rings (SSSR count). The van der Waals surface area contributed by atoms with Crippen molar-refractivity contribution < 1.29 is 0 Å². The molecule has 0 atom stereocenters. The van der Waals surface area contributed by atoms with Gasteiger partial charge in [-0.15, -0.1) is 0 Å². The van der Waals surface area contributed by atoms with Gasteiger partial charge in [-0.25, -0.2) is 4.98 Å². The summed E-state index contributed by atoms with van der Waals surface area (Å²) in [5, 5.41) is 3.12. The molecule has 0 radical (unpaired) electrons. The minimum atomic E-state index is 0.907. The summed E-state index contributed by atoms with van der Waals surface area (Å²) in [6.07, 6.45) is 5.52. The average molecular weight is 187 g/mol. The number of rotatable bonds is 3. The summed E-state index contributed by atoms with van der Waals surface area (Å²) in [5.41, 5.74) is 2.43. The Hall–Kier alpha value is -1.61. The van der Waals surface area contributed by atoms with Crippen molar-refractivity contribution >= 4 is 0 Å². The van der Waals surface area contributed by atoms with E-state index in [0.717, 1.165) is 12.2 Å². The molecule has 0 saturated carbocycles. The van der Waals surface area contributed by atoms with Crippen molar-refractivity contribution in [3.05, 3.63) is 48.5 Å². The molecule has 0 aliphatic rings. The van der Waals surface area contributed by atoms with E-state index < -0.39 is 0 Å². The second-order valence-electron chi connectivity index (χ2n) is 3.17. The highest BCUT2D eigenvalue weighted by molar-refractivity contribution is 5.34. The van der Waals surface area contributed by atoms with Gasteiger partial charge in [0.05, 0.1) is 6.33 Å². The van der Waals surface area contributed by atoms with Crippen molar-refractivity contribution in [3.63, 3.8) is 0 Å². The summed E-state index contributed by atoms with van der Waals surface area (Å²) in [6, 6.07) is 8.42. The van der Waals surface area contributed by atoms with Crippen LogP contribution in [0.3, 0.4) is 0 Å². The third kappa shape index (κ3) is 1.83. The predicted molar refractivity (Wildman–Crippen MR) is 56.3 cm³/mol. The number of imidazole rings is 1. The molecule has 3 nitrogen and oxygen atoms in total. The Morgan fingerprint density at radius 3 is 2.64 bits per heavy atom. The molecule has 0 saturated heterocycles. The van der Waals surface area contributed by atoms with E-state index in [1.165, 1.54) is 5.56 Å². The van der Waals surface area contributed by atoms with Crippen LogP contribution in [0.15, 0.2) is 43.0 Å². The maximum absolute atomic E-state index is 4.01. The van der Waals surface area contributed by atoms with Crippen LogP contribution >= 0.6 is 0 Å². The van der Waals surface area contributed by atoms with Crippen LogP contribution in [-0.2, 0) is 6.54 Å². The first-order valence-corrected chi connectivity index (χ1v) is 4.62. The zero-order chi connectivity index (χ0) is 9.80. The molecule has 1 heterocycles. The summed E-state index contributed by atoms with van der Waals surface area (Å²) in [5.74, 6) is 0. The van der Waals surface area contributed by atoms with Crippen molar-refractivity contribution in [1.82, 2.24) is 14.9 Å². The Morgan fingerprint density at radius 2 is 2.07 bits per heavy atom. The molecular weight excluding hydrogens is 174 g/mol. The number of hydrogen-bond acceptors (Lipinski definition) is 2. The summed E-state index contributed by atoms with van der Waals surface area (Å²) in [7, 11) is 1.95. The summed E-state index contributed by atoms with van der Waals surface area (Å²) in [6.45, 7) is 0.907. The fourth-order valence-corrected chi connectivity index (χ4v) is 1.40. The van der Waals surface area contributed by atoms with Gasteiger partial charge in [0.15, 0.2) is 0 Å². The van der Waals surface area contributed by atoms with Gasteiger partial charge in [-0.05, 0) is 24.7 Å². The highest BCUT2D eigenvalue weighted by atomic mass is 15.0. The van der Waals surface area contributed by atoms with E-state index in [4.69, 9.17) is 0 Å². The fourth-order valence-electron chi connectivity index (χ4n) is 1.40. The highest BCUT2D eigenvalue weighted by Gasteiger charge is 1.95. The average Bonchev–Trinajstić information content (AvgIpc) is 2.72. The lowest BCUT2D eigenvalue weighted by molar-refractivity contribution is 0.817. The summed E-state index contributed by atoms with van der Waals surface area (Å²) < 4.78 is 1.99. The van der Waals surface area contributed by atoms with Gasteiger partial charge in [0, 0.05) is 24.6 Å². The number of nitrogens with zero attached hydrogens (tertiary/aromatic N) is 2. The summed E-state index contributed by atoms with van der Waals surface area (Å²) in [4.78, 5) is 4.01. The number of benzene rings is 1. The quantitative estimate of drug-likeness (QED) is 0.790. The van der Waals surface area contributed by atoms with E-state index in [0.29, 0.717) is 0 Å². The minimum Gasteiger partial charge on any atom is -0.316 e. The normalized spacial score (nSPS) is 10.4. The zero-order valence-electron chi connectivity index (χ0n) is 8.14. The molecule has 0 unspecified atom stereocenters. The maximum Gasteiger partial charge on any atom is 0.0991 e. The molecule has 1 aromatic carbocycles. The molecule has 3 heteroatoms. The molecule has 0 spiro atoms. The lowest BCUT2D eigenvalue weighted by Gasteiger charge is -2.03. The van der Waals surface area contributed by atoms with E-state index in [1.807, 2.05) is 17.8 Å². The zero-order valence-corrected chi connectivity index (χ0v) is 8.14. The van der Waals surface area contributed by atoms with Gasteiger partial charge in [0.2, 0.25) is 0 Å². The Morgan fingerprint density at radius 1 is 1.29 bits per heavy atom. The highest BCUT2D eigenvalue weighted by Crippen LogP contribution is 2.08. The standard InChI is InChI=1S/C11H13N3/c1-12-8-10-2-4-11(5-3-10)14-7-6-13-9-14/h2-7,9,12H,8H2,1H3. The van der Waals surface area contributed by atoms with E-state index in [9.17, 15) is 0 Å². The van der Waals surface area contributed by atoms with Crippen LogP contribution in [0.1, 0.15) is 5.56 Å². The lowest BCUT2D eigenvalue weighted by Crippen LogP contribution is -2.04. The topological polar surface area (TPSA) is 29.9 Å². The van der Waals surface area contributed by atoms with Crippen LogP contribution in [0.5, 0.6) is 0 Å². The molecule has 0 fully saturated rings. The molecule has 72 valence electrons. The van der Waals surface area contributed by atoms with Crippen LogP contribution in [0, 0.1) is 0 Å². The van der Waals surface area contributed by atoms with E-state index in [1.54, 1.807) is 12.5 Å². The Bertz CT molecular complexity index is 375. The SMILES string of the molecule is CNCc1ccc(-n2ccnc2)cc1. The van der Waals surface area contributed by atoms with Crippen molar-refractivity contribution in [2.45, 2.75) is 6.54 Å². The molecule has 2 aromatic rings. The van der Waals surface area contributed by atoms with Crippen LogP contribution < -0.4 is 5.32 Å². The Balaban J connectivity index is 2.22. The van der Waals surface area contributed by atoms with Gasteiger partial charge in [-0.3, -0.25) is 0 Å². The summed E-state index contributed by atoms with van der Waals surface area (Å²) >= 11 is 0. The van der Waals surface area contributed by atoms with Gasteiger partial charge < -0.3 is 9.88 Å². The maximum atomic E-state index is 4.01. The molecule has 0 amide bonds. The van der Waals surface area contributed by atoms with Gasteiger partial charge in [-0.2, -0.15) is 0 Å². The van der Waals surface area contributed by atoms with Crippen LogP contribution in [0.4, 0.5) is 0 Å². The second-order valence-corrected chi connectivity index (χ2v) is 3.17. The van der Waals surface area contributed by atoms with Gasteiger partial charge in [-0.1, -0.05) is 12.1 Å². The van der Waals surface area contributed by atoms with Crippen molar-refractivity contribution in [3.8, 4) is 5.69 Å². The first kappa shape index (κ1) is 8.97. The van der Waals surface area contributed by atoms with E-state index in [-0.39, 0.29) is 0 Å². The molecule has 0 aliphatic carbocycles. The van der Waals surface area contributed by atoms with Crippen molar-refractivity contribution in [1.29, 1.82) is 0 Å². The lowest BCUT2D eigenvalue weighted by atomic mass is 10.2. The first-order valence-electron chi connectivity index (χ1n) is 4.62. The fraction of sp³-hybridized carbons (Fsp3) is 0.182. The molecule has 0 bridgehead atoms. The Labute approximate surface area is 83.4 Å². The number of hydrogen-bond donors (Lipinski definition) is 1. The monoisotopic (exact) mass is 187 g/mol. The molecular formula is C11H13N3.